The van der Waals surface area contributed by atoms with Gasteiger partial charge in [-0.15, -0.1) is 0 Å². The van der Waals surface area contributed by atoms with Gasteiger partial charge in [0.05, 0.1) is 12.2 Å². The zero-order valence-corrected chi connectivity index (χ0v) is 16.4. The summed E-state index contributed by atoms with van der Waals surface area (Å²) in [6.07, 6.45) is 8.23. The van der Waals surface area contributed by atoms with Gasteiger partial charge in [-0.25, -0.2) is 4.39 Å². The molecule has 0 radical (unpaired) electrons. The van der Waals surface area contributed by atoms with Crippen molar-refractivity contribution in [3.05, 3.63) is 29.1 Å². The summed E-state index contributed by atoms with van der Waals surface area (Å²) in [5.41, 5.74) is 1.09. The second-order valence-corrected chi connectivity index (χ2v) is 8.14. The number of piperidine rings is 1. The molecule has 1 aromatic rings. The normalized spacial score (nSPS) is 19.0. The number of amides is 1. The largest absolute Gasteiger partial charge is 0.493 e. The fourth-order valence-corrected chi connectivity index (χ4v) is 4.07. The predicted molar refractivity (Wildman–Crippen MR) is 103 cm³/mol. The van der Waals surface area contributed by atoms with Crippen LogP contribution in [0.3, 0.4) is 0 Å². The smallest absolute Gasteiger partial charge is 0.264 e. The van der Waals surface area contributed by atoms with Crippen molar-refractivity contribution in [1.29, 1.82) is 0 Å². The quantitative estimate of drug-likeness (QED) is 0.718. The molecule has 4 nitrogen and oxygen atoms in total. The molecule has 25 heavy (non-hydrogen) atoms. The lowest BCUT2D eigenvalue weighted by Gasteiger charge is -2.30. The van der Waals surface area contributed by atoms with Crippen molar-refractivity contribution in [2.24, 2.45) is 5.92 Å². The molecule has 3 rings (SSSR count). The lowest BCUT2D eigenvalue weighted by molar-refractivity contribution is 0.0980. The second kappa shape index (κ2) is 8.64. The van der Waals surface area contributed by atoms with Crippen LogP contribution in [-0.2, 0) is 0 Å². The minimum absolute atomic E-state index is 0.108. The molecule has 1 heterocycles. The summed E-state index contributed by atoms with van der Waals surface area (Å²) in [6.45, 7) is 2.78. The zero-order valence-electron chi connectivity index (χ0n) is 14.7. The van der Waals surface area contributed by atoms with Gasteiger partial charge in [-0.05, 0) is 55.4 Å². The van der Waals surface area contributed by atoms with E-state index in [0.29, 0.717) is 24.2 Å². The summed E-state index contributed by atoms with van der Waals surface area (Å²) in [4.78, 5) is 12.0. The number of halogens is 1. The van der Waals surface area contributed by atoms with Crippen LogP contribution in [0.15, 0.2) is 12.1 Å². The van der Waals surface area contributed by atoms with Crippen LogP contribution in [0.2, 0.25) is 0 Å². The summed E-state index contributed by atoms with van der Waals surface area (Å²) in [5, 5.41) is 0. The predicted octanol–water partition coefficient (Wildman–Crippen LogP) is 4.08. The van der Waals surface area contributed by atoms with E-state index in [1.807, 2.05) is 0 Å². The molecule has 1 saturated carbocycles. The highest BCUT2D eigenvalue weighted by molar-refractivity contribution is 7.97. The van der Waals surface area contributed by atoms with Gasteiger partial charge in [0.1, 0.15) is 11.6 Å². The van der Waals surface area contributed by atoms with E-state index < -0.39 is 5.82 Å². The number of hydrogen-bond acceptors (Lipinski definition) is 5. The highest BCUT2D eigenvalue weighted by atomic mass is 32.2. The topological polar surface area (TPSA) is 41.6 Å². The molecule has 1 amide bonds. The standard InChI is InChI=1S/C18H25FN2O2S2/c1-24-20-18(22)15-9-14(13-3-4-13)17(10-16(15)19)23-11-12-5-7-21(25-2)8-6-12/h9-10,12-13H,3-8,11H2,1-2H3,(H,20,22). The lowest BCUT2D eigenvalue weighted by atomic mass is 9.99. The van der Waals surface area contributed by atoms with Gasteiger partial charge in [0.2, 0.25) is 0 Å². The number of rotatable bonds is 7. The van der Waals surface area contributed by atoms with Crippen LogP contribution >= 0.6 is 23.9 Å². The summed E-state index contributed by atoms with van der Waals surface area (Å²) >= 11 is 2.97. The van der Waals surface area contributed by atoms with Crippen LogP contribution in [0, 0.1) is 11.7 Å². The first-order valence-electron chi connectivity index (χ1n) is 8.71. The van der Waals surface area contributed by atoms with Crippen LogP contribution in [0.5, 0.6) is 5.75 Å². The van der Waals surface area contributed by atoms with Crippen molar-refractivity contribution in [3.63, 3.8) is 0 Å². The molecule has 0 spiro atoms. The molecule has 2 fully saturated rings. The van der Waals surface area contributed by atoms with Gasteiger partial charge in [-0.1, -0.05) is 23.9 Å². The minimum atomic E-state index is -0.511. The van der Waals surface area contributed by atoms with E-state index in [-0.39, 0.29) is 11.5 Å². The van der Waals surface area contributed by atoms with E-state index in [0.717, 1.165) is 44.3 Å². The van der Waals surface area contributed by atoms with E-state index in [1.165, 1.54) is 18.0 Å². The van der Waals surface area contributed by atoms with Crippen LogP contribution in [0.25, 0.3) is 0 Å². The van der Waals surface area contributed by atoms with Crippen LogP contribution in [-0.4, -0.2) is 42.4 Å². The molecule has 138 valence electrons. The van der Waals surface area contributed by atoms with E-state index in [2.05, 4.69) is 15.3 Å². The van der Waals surface area contributed by atoms with Crippen LogP contribution < -0.4 is 9.46 Å². The van der Waals surface area contributed by atoms with Crippen molar-refractivity contribution < 1.29 is 13.9 Å². The number of nitrogens with one attached hydrogen (secondary N) is 1. The van der Waals surface area contributed by atoms with E-state index >= 15 is 0 Å². The van der Waals surface area contributed by atoms with Gasteiger partial charge in [0.15, 0.2) is 0 Å². The van der Waals surface area contributed by atoms with Crippen LogP contribution in [0.4, 0.5) is 4.39 Å². The fraction of sp³-hybridized carbons (Fsp3) is 0.611. The maximum Gasteiger partial charge on any atom is 0.264 e. The highest BCUT2D eigenvalue weighted by Gasteiger charge is 2.30. The molecule has 2 aliphatic rings. The van der Waals surface area contributed by atoms with Gasteiger partial charge in [-0.2, -0.15) is 0 Å². The van der Waals surface area contributed by atoms with Gasteiger partial charge >= 0.3 is 0 Å². The Morgan fingerprint density at radius 2 is 2.00 bits per heavy atom. The van der Waals surface area contributed by atoms with Crippen molar-refractivity contribution in [1.82, 2.24) is 9.03 Å². The maximum atomic E-state index is 14.4. The van der Waals surface area contributed by atoms with Crippen LogP contribution in [0.1, 0.15) is 47.5 Å². The average Bonchev–Trinajstić information content (AvgIpc) is 3.45. The molecule has 1 aliphatic carbocycles. The first kappa shape index (κ1) is 18.9. The Labute approximate surface area is 157 Å². The Hall–Kier alpha value is -0.920. The highest BCUT2D eigenvalue weighted by Crippen LogP contribution is 2.45. The van der Waals surface area contributed by atoms with Crippen molar-refractivity contribution in [2.75, 3.05) is 32.2 Å². The number of carbonyl (C=O) groups excluding carboxylic acids is 1. The Bertz CT molecular complexity index is 617. The lowest BCUT2D eigenvalue weighted by Crippen LogP contribution is -2.31. The molecule has 1 aliphatic heterocycles. The van der Waals surface area contributed by atoms with Gasteiger partial charge in [-0.3, -0.25) is 13.8 Å². The molecule has 0 unspecified atom stereocenters. The fourth-order valence-electron chi connectivity index (χ4n) is 3.20. The zero-order chi connectivity index (χ0) is 17.8. The molecule has 1 aromatic carbocycles. The van der Waals surface area contributed by atoms with Crippen molar-refractivity contribution in [2.45, 2.75) is 31.6 Å². The first-order chi connectivity index (χ1) is 12.1. The van der Waals surface area contributed by atoms with Gasteiger partial charge < -0.3 is 4.74 Å². The molecule has 1 saturated heterocycles. The molecule has 0 atom stereocenters. The summed E-state index contributed by atoms with van der Waals surface area (Å²) in [5.74, 6) is 0.631. The number of nitrogens with zero attached hydrogens (tertiary/aromatic N) is 1. The van der Waals surface area contributed by atoms with E-state index in [1.54, 1.807) is 24.3 Å². The summed E-state index contributed by atoms with van der Waals surface area (Å²) in [7, 11) is 0. The minimum Gasteiger partial charge on any atom is -0.493 e. The van der Waals surface area contributed by atoms with E-state index in [9.17, 15) is 9.18 Å². The molecule has 0 aromatic heterocycles. The number of hydrogen-bond donors (Lipinski definition) is 1. The summed E-state index contributed by atoms with van der Waals surface area (Å²) in [6, 6.07) is 3.09. The number of carbonyl (C=O) groups is 1. The number of benzene rings is 1. The van der Waals surface area contributed by atoms with Crippen molar-refractivity contribution in [3.8, 4) is 5.75 Å². The summed E-state index contributed by atoms with van der Waals surface area (Å²) < 4.78 is 25.4. The third-order valence-corrected chi connectivity index (χ3v) is 6.13. The Morgan fingerprint density at radius 1 is 1.28 bits per heavy atom. The third kappa shape index (κ3) is 4.83. The molecule has 0 bridgehead atoms. The molecular weight excluding hydrogens is 359 g/mol. The average molecular weight is 385 g/mol. The monoisotopic (exact) mass is 384 g/mol. The maximum absolute atomic E-state index is 14.4. The van der Waals surface area contributed by atoms with Gasteiger partial charge in [0, 0.05) is 25.4 Å². The third-order valence-electron chi connectivity index (χ3n) is 4.86. The SMILES string of the molecule is CSNC(=O)c1cc(C2CC2)c(OCC2CCN(SC)CC2)cc1F. The Morgan fingerprint density at radius 3 is 2.60 bits per heavy atom. The number of ether oxygens (including phenoxy) is 1. The second-order valence-electron chi connectivity index (χ2n) is 6.65. The van der Waals surface area contributed by atoms with Crippen molar-refractivity contribution >= 4 is 29.8 Å². The van der Waals surface area contributed by atoms with Gasteiger partial charge in [0.25, 0.3) is 5.91 Å². The molecular formula is C18H25FN2O2S2. The Kier molecular flexibility index (Phi) is 6.52. The molecule has 1 N–H and O–H groups in total. The Balaban J connectivity index is 1.68. The first-order valence-corrected chi connectivity index (χ1v) is 11.1. The molecule has 7 heteroatoms. The van der Waals surface area contributed by atoms with E-state index in [4.69, 9.17) is 4.74 Å².